The van der Waals surface area contributed by atoms with E-state index >= 15 is 0 Å². The Labute approximate surface area is 112 Å². The second-order valence-electron chi connectivity index (χ2n) is 5.77. The molecule has 4 heteroatoms. The van der Waals surface area contributed by atoms with Crippen LogP contribution in [-0.2, 0) is 11.2 Å². The summed E-state index contributed by atoms with van der Waals surface area (Å²) in [4.78, 5) is 14.5. The van der Waals surface area contributed by atoms with E-state index in [4.69, 9.17) is 4.74 Å². The summed E-state index contributed by atoms with van der Waals surface area (Å²) in [6, 6.07) is 8.45. The van der Waals surface area contributed by atoms with Crippen LogP contribution in [0.3, 0.4) is 0 Å². The third kappa shape index (κ3) is 1.82. The third-order valence-electron chi connectivity index (χ3n) is 4.60. The van der Waals surface area contributed by atoms with Crippen LogP contribution in [0.2, 0.25) is 0 Å². The number of likely N-dealkylation sites (tertiary alicyclic amines) is 1. The molecular formula is C15H18N2O2. The van der Waals surface area contributed by atoms with E-state index in [0.717, 1.165) is 30.9 Å². The van der Waals surface area contributed by atoms with E-state index in [-0.39, 0.29) is 12.0 Å². The smallest absolute Gasteiger partial charge is 0.264 e. The molecule has 3 aliphatic heterocycles. The summed E-state index contributed by atoms with van der Waals surface area (Å²) in [6.07, 6.45) is 1.60. The van der Waals surface area contributed by atoms with Crippen molar-refractivity contribution in [1.29, 1.82) is 0 Å². The minimum atomic E-state index is -0.309. The first-order valence-corrected chi connectivity index (χ1v) is 7.08. The SMILES string of the molecule is O=C(C1Cc2ccccc2O1)N1C[C@@H]2CCN[C@@H]2C1. The number of amides is 1. The van der Waals surface area contributed by atoms with Gasteiger partial charge in [-0.1, -0.05) is 18.2 Å². The third-order valence-corrected chi connectivity index (χ3v) is 4.60. The van der Waals surface area contributed by atoms with Crippen molar-refractivity contribution in [2.24, 2.45) is 5.92 Å². The molecule has 1 aromatic carbocycles. The molecule has 0 aromatic heterocycles. The van der Waals surface area contributed by atoms with Crippen LogP contribution in [0.25, 0.3) is 0 Å². The fourth-order valence-corrected chi connectivity index (χ4v) is 3.55. The van der Waals surface area contributed by atoms with Crippen LogP contribution in [0.15, 0.2) is 24.3 Å². The lowest BCUT2D eigenvalue weighted by Crippen LogP contribution is -2.42. The molecule has 1 amide bonds. The maximum absolute atomic E-state index is 12.5. The van der Waals surface area contributed by atoms with Gasteiger partial charge < -0.3 is 15.0 Å². The number of benzene rings is 1. The number of rotatable bonds is 1. The summed E-state index contributed by atoms with van der Waals surface area (Å²) in [7, 11) is 0. The maximum Gasteiger partial charge on any atom is 0.264 e. The Morgan fingerprint density at radius 2 is 2.21 bits per heavy atom. The van der Waals surface area contributed by atoms with Crippen LogP contribution in [0.4, 0.5) is 0 Å². The highest BCUT2D eigenvalue weighted by Crippen LogP contribution is 2.31. The van der Waals surface area contributed by atoms with Gasteiger partial charge in [-0.15, -0.1) is 0 Å². The van der Waals surface area contributed by atoms with Crippen molar-refractivity contribution in [3.05, 3.63) is 29.8 Å². The van der Waals surface area contributed by atoms with Gasteiger partial charge in [-0.2, -0.15) is 0 Å². The molecule has 2 fully saturated rings. The van der Waals surface area contributed by atoms with Crippen molar-refractivity contribution < 1.29 is 9.53 Å². The Kier molecular flexibility index (Phi) is 2.52. The van der Waals surface area contributed by atoms with Crippen LogP contribution in [0, 0.1) is 5.92 Å². The Balaban J connectivity index is 1.46. The molecule has 0 aliphatic carbocycles. The number of carbonyl (C=O) groups excluding carboxylic acids is 1. The van der Waals surface area contributed by atoms with Crippen molar-refractivity contribution in [2.45, 2.75) is 25.0 Å². The van der Waals surface area contributed by atoms with Gasteiger partial charge in [-0.3, -0.25) is 4.79 Å². The summed E-state index contributed by atoms with van der Waals surface area (Å²) in [6.45, 7) is 2.84. The number of hydrogen-bond donors (Lipinski definition) is 1. The molecular weight excluding hydrogens is 240 g/mol. The molecule has 0 radical (unpaired) electrons. The van der Waals surface area contributed by atoms with Gasteiger partial charge in [0.1, 0.15) is 5.75 Å². The van der Waals surface area contributed by atoms with Crippen LogP contribution in [-0.4, -0.2) is 42.6 Å². The molecule has 3 aliphatic rings. The summed E-state index contributed by atoms with van der Waals surface area (Å²) in [5.41, 5.74) is 1.15. The van der Waals surface area contributed by atoms with Gasteiger partial charge in [-0.05, 0) is 30.5 Å². The largest absolute Gasteiger partial charge is 0.480 e. The summed E-state index contributed by atoms with van der Waals surface area (Å²) >= 11 is 0. The molecule has 0 saturated carbocycles. The number of fused-ring (bicyclic) bond motifs is 2. The van der Waals surface area contributed by atoms with Crippen molar-refractivity contribution in [1.82, 2.24) is 10.2 Å². The van der Waals surface area contributed by atoms with Crippen LogP contribution < -0.4 is 10.1 Å². The van der Waals surface area contributed by atoms with Crippen molar-refractivity contribution >= 4 is 5.91 Å². The molecule has 100 valence electrons. The second kappa shape index (κ2) is 4.23. The van der Waals surface area contributed by atoms with E-state index in [1.807, 2.05) is 29.2 Å². The van der Waals surface area contributed by atoms with Gasteiger partial charge >= 0.3 is 0 Å². The molecule has 19 heavy (non-hydrogen) atoms. The first-order valence-electron chi connectivity index (χ1n) is 7.08. The number of nitrogens with zero attached hydrogens (tertiary/aromatic N) is 1. The maximum atomic E-state index is 12.5. The quantitative estimate of drug-likeness (QED) is 0.810. The Morgan fingerprint density at radius 3 is 3.05 bits per heavy atom. The minimum absolute atomic E-state index is 0.160. The topological polar surface area (TPSA) is 41.6 Å². The van der Waals surface area contributed by atoms with E-state index < -0.39 is 0 Å². The minimum Gasteiger partial charge on any atom is -0.480 e. The summed E-state index contributed by atoms with van der Waals surface area (Å²) in [5, 5.41) is 3.48. The molecule has 2 saturated heterocycles. The molecule has 4 rings (SSSR count). The lowest BCUT2D eigenvalue weighted by Gasteiger charge is -2.21. The normalized spacial score (nSPS) is 32.0. The van der Waals surface area contributed by atoms with Crippen molar-refractivity contribution in [2.75, 3.05) is 19.6 Å². The predicted octanol–water partition coefficient (Wildman–Crippen LogP) is 0.810. The van der Waals surface area contributed by atoms with Gasteiger partial charge in [0.25, 0.3) is 5.91 Å². The lowest BCUT2D eigenvalue weighted by molar-refractivity contribution is -0.137. The molecule has 1 unspecified atom stereocenters. The zero-order chi connectivity index (χ0) is 12.8. The fourth-order valence-electron chi connectivity index (χ4n) is 3.55. The van der Waals surface area contributed by atoms with Crippen molar-refractivity contribution in [3.8, 4) is 5.75 Å². The van der Waals surface area contributed by atoms with Gasteiger partial charge in [0.2, 0.25) is 0 Å². The highest BCUT2D eigenvalue weighted by molar-refractivity contribution is 5.83. The van der Waals surface area contributed by atoms with Gasteiger partial charge in [-0.25, -0.2) is 0 Å². The average Bonchev–Trinajstić information content (AvgIpc) is 3.10. The fraction of sp³-hybridized carbons (Fsp3) is 0.533. The van der Waals surface area contributed by atoms with Gasteiger partial charge in [0, 0.05) is 25.6 Å². The highest BCUT2D eigenvalue weighted by Gasteiger charge is 2.41. The molecule has 0 spiro atoms. The Morgan fingerprint density at radius 1 is 1.32 bits per heavy atom. The summed E-state index contributed by atoms with van der Waals surface area (Å²) in [5.74, 6) is 1.68. The zero-order valence-corrected chi connectivity index (χ0v) is 10.8. The molecule has 0 bridgehead atoms. The molecule has 1 aromatic rings. The molecule has 3 heterocycles. The van der Waals surface area contributed by atoms with Crippen LogP contribution >= 0.6 is 0 Å². The number of para-hydroxylation sites is 1. The predicted molar refractivity (Wildman–Crippen MR) is 71.0 cm³/mol. The lowest BCUT2D eigenvalue weighted by atomic mass is 10.1. The van der Waals surface area contributed by atoms with Crippen LogP contribution in [0.5, 0.6) is 5.75 Å². The van der Waals surface area contributed by atoms with E-state index in [9.17, 15) is 4.79 Å². The first kappa shape index (κ1) is 11.3. The number of nitrogens with one attached hydrogen (secondary N) is 1. The number of hydrogen-bond acceptors (Lipinski definition) is 3. The molecule has 1 N–H and O–H groups in total. The van der Waals surface area contributed by atoms with E-state index in [2.05, 4.69) is 5.32 Å². The van der Waals surface area contributed by atoms with E-state index in [1.54, 1.807) is 0 Å². The highest BCUT2D eigenvalue weighted by atomic mass is 16.5. The van der Waals surface area contributed by atoms with E-state index in [0.29, 0.717) is 18.4 Å². The number of carbonyl (C=O) groups is 1. The van der Waals surface area contributed by atoms with Crippen LogP contribution in [0.1, 0.15) is 12.0 Å². The monoisotopic (exact) mass is 258 g/mol. The Bertz CT molecular complexity index is 480. The Hall–Kier alpha value is -1.55. The first-order chi connectivity index (χ1) is 9.31. The van der Waals surface area contributed by atoms with Gasteiger partial charge in [0.05, 0.1) is 0 Å². The summed E-state index contributed by atoms with van der Waals surface area (Å²) < 4.78 is 5.79. The standard InChI is InChI=1S/C15H18N2O2/c18-15(17-8-11-5-6-16-12(11)9-17)14-7-10-3-1-2-4-13(10)19-14/h1-4,11-12,14,16H,5-9H2/t11-,12+,14?/m0/s1. The average molecular weight is 258 g/mol. The molecule has 3 atom stereocenters. The van der Waals surface area contributed by atoms with Gasteiger partial charge in [0.15, 0.2) is 6.10 Å². The zero-order valence-electron chi connectivity index (χ0n) is 10.8. The van der Waals surface area contributed by atoms with E-state index in [1.165, 1.54) is 6.42 Å². The second-order valence-corrected chi connectivity index (χ2v) is 5.77. The number of ether oxygens (including phenoxy) is 1. The van der Waals surface area contributed by atoms with Crippen molar-refractivity contribution in [3.63, 3.8) is 0 Å². The molecule has 4 nitrogen and oxygen atoms in total.